The molecule has 1 fully saturated rings. The van der Waals surface area contributed by atoms with Crippen LogP contribution in [0, 0.1) is 0 Å². The molecule has 0 aromatic carbocycles. The number of hydrogen-bond donors (Lipinski definition) is 0. The van der Waals surface area contributed by atoms with E-state index in [4.69, 9.17) is 4.74 Å². The molecule has 3 heterocycles. The lowest BCUT2D eigenvalue weighted by Gasteiger charge is -2.14. The lowest BCUT2D eigenvalue weighted by atomic mass is 10.3. The maximum atomic E-state index is 12.2. The summed E-state index contributed by atoms with van der Waals surface area (Å²) in [5, 5.41) is 10.0. The molecule has 7 nitrogen and oxygen atoms in total. The van der Waals surface area contributed by atoms with Crippen LogP contribution in [0.4, 0.5) is 0 Å². The summed E-state index contributed by atoms with van der Waals surface area (Å²) in [6.07, 6.45) is 2.78. The van der Waals surface area contributed by atoms with Crippen LogP contribution < -0.4 is 0 Å². The average Bonchev–Trinajstić information content (AvgIpc) is 3.24. The van der Waals surface area contributed by atoms with E-state index in [-0.39, 0.29) is 11.9 Å². The number of aromatic nitrogens is 4. The number of carbonyl (C=O) groups excluding carboxylic acids is 1. The molecule has 0 spiro atoms. The first kappa shape index (κ1) is 14.2. The second-order valence-corrected chi connectivity index (χ2v) is 5.61. The van der Waals surface area contributed by atoms with E-state index in [0.717, 1.165) is 18.7 Å². The second-order valence-electron chi connectivity index (χ2n) is 4.89. The fraction of sp³-hybridized carbons (Fsp3) is 0.538. The van der Waals surface area contributed by atoms with Gasteiger partial charge in [-0.1, -0.05) is 5.21 Å². The summed E-state index contributed by atoms with van der Waals surface area (Å²) in [6.45, 7) is 4.45. The van der Waals surface area contributed by atoms with Gasteiger partial charge in [-0.25, -0.2) is 9.67 Å². The van der Waals surface area contributed by atoms with Crippen molar-refractivity contribution in [3.05, 3.63) is 28.5 Å². The van der Waals surface area contributed by atoms with E-state index < -0.39 is 0 Å². The molecule has 1 amide bonds. The third-order valence-corrected chi connectivity index (χ3v) is 4.07. The van der Waals surface area contributed by atoms with Crippen LogP contribution in [-0.4, -0.2) is 50.5 Å². The Morgan fingerprint density at radius 1 is 1.57 bits per heavy atom. The van der Waals surface area contributed by atoms with Gasteiger partial charge in [0.05, 0.1) is 24.4 Å². The molecule has 3 rings (SSSR count). The number of ether oxygens (including phenoxy) is 1. The molecule has 2 aromatic rings. The van der Waals surface area contributed by atoms with Crippen LogP contribution in [-0.2, 0) is 11.3 Å². The van der Waals surface area contributed by atoms with Crippen molar-refractivity contribution in [3.63, 3.8) is 0 Å². The largest absolute Gasteiger partial charge is 0.375 e. The van der Waals surface area contributed by atoms with E-state index in [1.165, 1.54) is 11.3 Å². The minimum absolute atomic E-state index is 0.00611. The summed E-state index contributed by atoms with van der Waals surface area (Å²) in [7, 11) is 0. The Kier molecular flexibility index (Phi) is 4.26. The first-order valence-corrected chi connectivity index (χ1v) is 7.88. The van der Waals surface area contributed by atoms with Crippen molar-refractivity contribution in [1.29, 1.82) is 0 Å². The number of amides is 1. The smallest absolute Gasteiger partial charge is 0.273 e. The van der Waals surface area contributed by atoms with Crippen molar-refractivity contribution in [2.45, 2.75) is 26.0 Å². The van der Waals surface area contributed by atoms with E-state index in [1.54, 1.807) is 10.9 Å². The maximum Gasteiger partial charge on any atom is 0.273 e. The van der Waals surface area contributed by atoms with E-state index in [0.29, 0.717) is 25.5 Å². The molecule has 2 aromatic heterocycles. The van der Waals surface area contributed by atoms with Crippen molar-refractivity contribution in [3.8, 4) is 0 Å². The van der Waals surface area contributed by atoms with Gasteiger partial charge in [-0.15, -0.1) is 16.4 Å². The number of carbonyl (C=O) groups is 1. The molecule has 0 N–H and O–H groups in total. The predicted molar refractivity (Wildman–Crippen MR) is 77.0 cm³/mol. The van der Waals surface area contributed by atoms with Crippen molar-refractivity contribution in [1.82, 2.24) is 24.9 Å². The van der Waals surface area contributed by atoms with Gasteiger partial charge in [0.2, 0.25) is 0 Å². The zero-order chi connectivity index (χ0) is 14.7. The Morgan fingerprint density at radius 3 is 3.24 bits per heavy atom. The van der Waals surface area contributed by atoms with E-state index >= 15 is 0 Å². The molecule has 1 atom stereocenters. The summed E-state index contributed by atoms with van der Waals surface area (Å²) in [5.41, 5.74) is 3.02. The van der Waals surface area contributed by atoms with E-state index in [2.05, 4.69) is 15.3 Å². The molecular weight excluding hydrogens is 290 g/mol. The fourth-order valence-electron chi connectivity index (χ4n) is 2.39. The highest BCUT2D eigenvalue weighted by Crippen LogP contribution is 2.22. The quantitative estimate of drug-likeness (QED) is 0.834. The SMILES string of the molecule is CCOCc1cn(C2CCN(C(=O)c3cscn3)C2)nn1. The molecule has 1 aliphatic heterocycles. The first-order valence-electron chi connectivity index (χ1n) is 6.94. The highest BCUT2D eigenvalue weighted by Gasteiger charge is 2.29. The molecule has 21 heavy (non-hydrogen) atoms. The summed E-state index contributed by atoms with van der Waals surface area (Å²) in [4.78, 5) is 18.1. The van der Waals surface area contributed by atoms with Gasteiger partial charge in [-0.2, -0.15) is 0 Å². The lowest BCUT2D eigenvalue weighted by Crippen LogP contribution is -2.29. The third kappa shape index (κ3) is 3.11. The van der Waals surface area contributed by atoms with Crippen molar-refractivity contribution in [2.75, 3.05) is 19.7 Å². The van der Waals surface area contributed by atoms with Gasteiger partial charge in [-0.3, -0.25) is 4.79 Å². The van der Waals surface area contributed by atoms with Crippen LogP contribution in [0.2, 0.25) is 0 Å². The first-order chi connectivity index (χ1) is 10.3. The zero-order valence-corrected chi connectivity index (χ0v) is 12.6. The van der Waals surface area contributed by atoms with Gasteiger partial charge < -0.3 is 9.64 Å². The van der Waals surface area contributed by atoms with Gasteiger partial charge in [-0.05, 0) is 13.3 Å². The van der Waals surface area contributed by atoms with Gasteiger partial charge in [0.15, 0.2) is 0 Å². The van der Waals surface area contributed by atoms with Crippen molar-refractivity contribution in [2.24, 2.45) is 0 Å². The average molecular weight is 307 g/mol. The lowest BCUT2D eigenvalue weighted by molar-refractivity contribution is 0.0782. The predicted octanol–water partition coefficient (Wildman–Crippen LogP) is 1.36. The number of rotatable bonds is 5. The Balaban J connectivity index is 1.61. The Bertz CT molecular complexity index is 597. The van der Waals surface area contributed by atoms with Crippen LogP contribution in [0.5, 0.6) is 0 Å². The van der Waals surface area contributed by atoms with Crippen LogP contribution >= 0.6 is 11.3 Å². The topological polar surface area (TPSA) is 73.1 Å². The fourth-order valence-corrected chi connectivity index (χ4v) is 2.91. The molecule has 1 saturated heterocycles. The van der Waals surface area contributed by atoms with E-state index in [9.17, 15) is 4.79 Å². The third-order valence-electron chi connectivity index (χ3n) is 3.49. The molecule has 0 saturated carbocycles. The monoisotopic (exact) mass is 307 g/mol. The van der Waals surface area contributed by atoms with Crippen LogP contribution in [0.25, 0.3) is 0 Å². The molecule has 0 bridgehead atoms. The molecule has 112 valence electrons. The molecule has 8 heteroatoms. The second kappa shape index (κ2) is 6.31. The number of thiazole rings is 1. The highest BCUT2D eigenvalue weighted by atomic mass is 32.1. The van der Waals surface area contributed by atoms with Gasteiger partial charge in [0, 0.05) is 25.1 Å². The Labute approximate surface area is 126 Å². The summed E-state index contributed by atoms with van der Waals surface area (Å²) in [6, 6.07) is 0.176. The summed E-state index contributed by atoms with van der Waals surface area (Å²) >= 11 is 1.43. The molecule has 1 unspecified atom stereocenters. The Hall–Kier alpha value is -1.80. The summed E-state index contributed by atoms with van der Waals surface area (Å²) < 4.78 is 7.15. The minimum Gasteiger partial charge on any atom is -0.375 e. The molecule has 1 aliphatic rings. The van der Waals surface area contributed by atoms with Crippen LogP contribution in [0.1, 0.15) is 35.6 Å². The minimum atomic E-state index is -0.00611. The molecule has 0 aliphatic carbocycles. The number of likely N-dealkylation sites (tertiary alicyclic amines) is 1. The molecular formula is C13H17N5O2S. The van der Waals surface area contributed by atoms with Crippen LogP contribution in [0.15, 0.2) is 17.1 Å². The van der Waals surface area contributed by atoms with Gasteiger partial charge in [0.25, 0.3) is 5.91 Å². The zero-order valence-electron chi connectivity index (χ0n) is 11.8. The van der Waals surface area contributed by atoms with Gasteiger partial charge >= 0.3 is 0 Å². The molecule has 0 radical (unpaired) electrons. The van der Waals surface area contributed by atoms with Crippen LogP contribution in [0.3, 0.4) is 0 Å². The number of hydrogen-bond acceptors (Lipinski definition) is 6. The van der Waals surface area contributed by atoms with Crippen molar-refractivity contribution < 1.29 is 9.53 Å². The van der Waals surface area contributed by atoms with Crippen molar-refractivity contribution >= 4 is 17.2 Å². The van der Waals surface area contributed by atoms with Gasteiger partial charge in [0.1, 0.15) is 11.4 Å². The highest BCUT2D eigenvalue weighted by molar-refractivity contribution is 7.07. The number of nitrogens with zero attached hydrogens (tertiary/aromatic N) is 5. The Morgan fingerprint density at radius 2 is 2.48 bits per heavy atom. The normalized spacial score (nSPS) is 18.3. The summed E-state index contributed by atoms with van der Waals surface area (Å²) in [5.74, 6) is -0.00611. The van der Waals surface area contributed by atoms with E-state index in [1.807, 2.05) is 22.7 Å². The standard InChI is InChI=1S/C13H17N5O2S/c1-2-20-7-10-5-18(16-15-10)11-3-4-17(6-11)13(19)12-8-21-9-14-12/h5,8-9,11H,2-4,6-7H2,1H3. The maximum absolute atomic E-state index is 12.2.